The first-order chi connectivity index (χ1) is 14.0. The van der Waals surface area contributed by atoms with E-state index < -0.39 is 0 Å². The molecule has 0 aliphatic carbocycles. The molecule has 1 unspecified atom stereocenters. The molecule has 2 aromatic carbocycles. The Bertz CT molecular complexity index is 1050. The Balaban J connectivity index is 1.38. The highest BCUT2D eigenvalue weighted by molar-refractivity contribution is 7.19. The van der Waals surface area contributed by atoms with Crippen LogP contribution in [0.4, 0.5) is 4.39 Å². The Morgan fingerprint density at radius 1 is 1.17 bits per heavy atom. The highest BCUT2D eigenvalue weighted by atomic mass is 35.5. The Kier molecular flexibility index (Phi) is 5.83. The Morgan fingerprint density at radius 2 is 1.93 bits per heavy atom. The minimum absolute atomic E-state index is 0.124. The number of thiophene rings is 1. The molecule has 3 aromatic rings. The average molecular weight is 432 g/mol. The van der Waals surface area contributed by atoms with Crippen LogP contribution in [-0.2, 0) is 16.1 Å². The third-order valence-electron chi connectivity index (χ3n) is 5.08. The first-order valence-corrected chi connectivity index (χ1v) is 10.6. The first kappa shape index (κ1) is 19.9. The lowest BCUT2D eigenvalue weighted by Gasteiger charge is -2.31. The SMILES string of the molecule is O=C(OCc1sc2ccccc2c1Cl)C1CCCN(C(=O)c2ccc(F)cc2)C1. The van der Waals surface area contributed by atoms with Gasteiger partial charge in [0.1, 0.15) is 12.4 Å². The third kappa shape index (κ3) is 4.28. The molecule has 4 rings (SSSR count). The van der Waals surface area contributed by atoms with E-state index in [1.54, 1.807) is 4.90 Å². The second-order valence-electron chi connectivity index (χ2n) is 7.04. The Hall–Kier alpha value is -2.44. The van der Waals surface area contributed by atoms with Crippen molar-refractivity contribution >= 4 is 44.9 Å². The number of hydrogen-bond acceptors (Lipinski definition) is 4. The summed E-state index contributed by atoms with van der Waals surface area (Å²) in [5.41, 5.74) is 0.414. The zero-order valence-electron chi connectivity index (χ0n) is 15.6. The van der Waals surface area contributed by atoms with Crippen LogP contribution in [0.2, 0.25) is 5.02 Å². The molecule has 29 heavy (non-hydrogen) atoms. The number of likely N-dealkylation sites (tertiary alicyclic amines) is 1. The fourth-order valence-corrected chi connectivity index (χ4v) is 4.94. The van der Waals surface area contributed by atoms with Gasteiger partial charge in [0.2, 0.25) is 0 Å². The van der Waals surface area contributed by atoms with Crippen LogP contribution in [0.1, 0.15) is 28.1 Å². The van der Waals surface area contributed by atoms with Crippen molar-refractivity contribution in [1.29, 1.82) is 0 Å². The number of nitrogens with zero attached hydrogens (tertiary/aromatic N) is 1. The zero-order chi connectivity index (χ0) is 20.4. The third-order valence-corrected chi connectivity index (χ3v) is 6.77. The lowest BCUT2D eigenvalue weighted by molar-refractivity contribution is -0.151. The second kappa shape index (κ2) is 8.51. The molecule has 1 aromatic heterocycles. The fraction of sp³-hybridized carbons (Fsp3) is 0.273. The van der Waals surface area contributed by atoms with Crippen LogP contribution < -0.4 is 0 Å². The number of carbonyl (C=O) groups excluding carboxylic acids is 2. The molecular formula is C22H19ClFNO3S. The van der Waals surface area contributed by atoms with Crippen molar-refractivity contribution in [3.63, 3.8) is 0 Å². The van der Waals surface area contributed by atoms with Gasteiger partial charge >= 0.3 is 5.97 Å². The number of rotatable bonds is 4. The number of ether oxygens (including phenoxy) is 1. The van der Waals surface area contributed by atoms with Gasteiger partial charge in [0, 0.05) is 28.7 Å². The maximum atomic E-state index is 13.1. The summed E-state index contributed by atoms with van der Waals surface area (Å²) < 4.78 is 19.7. The fourth-order valence-electron chi connectivity index (χ4n) is 3.54. The van der Waals surface area contributed by atoms with Crippen molar-refractivity contribution in [3.05, 3.63) is 69.8 Å². The number of hydrogen-bond donors (Lipinski definition) is 0. The topological polar surface area (TPSA) is 46.6 Å². The van der Waals surface area contributed by atoms with Gasteiger partial charge in [0.05, 0.1) is 15.8 Å². The molecule has 1 fully saturated rings. The van der Waals surface area contributed by atoms with Gasteiger partial charge in [-0.05, 0) is 43.2 Å². The van der Waals surface area contributed by atoms with Gasteiger partial charge in [0.15, 0.2) is 0 Å². The van der Waals surface area contributed by atoms with Crippen molar-refractivity contribution in [1.82, 2.24) is 4.90 Å². The smallest absolute Gasteiger partial charge is 0.311 e. The summed E-state index contributed by atoms with van der Waals surface area (Å²) in [5, 5.41) is 1.58. The molecule has 2 heterocycles. The highest BCUT2D eigenvalue weighted by Gasteiger charge is 2.30. The molecule has 7 heteroatoms. The molecule has 4 nitrogen and oxygen atoms in total. The number of halogens is 2. The van der Waals surface area contributed by atoms with Gasteiger partial charge in [0.25, 0.3) is 5.91 Å². The molecule has 1 atom stereocenters. The van der Waals surface area contributed by atoms with E-state index in [0.717, 1.165) is 21.4 Å². The van der Waals surface area contributed by atoms with Gasteiger partial charge < -0.3 is 9.64 Å². The summed E-state index contributed by atoms with van der Waals surface area (Å²) in [6.45, 7) is 0.997. The highest BCUT2D eigenvalue weighted by Crippen LogP contribution is 2.35. The number of esters is 1. The molecule has 1 amide bonds. The molecule has 0 N–H and O–H groups in total. The van der Waals surface area contributed by atoms with Crippen LogP contribution >= 0.6 is 22.9 Å². The van der Waals surface area contributed by atoms with E-state index in [4.69, 9.17) is 16.3 Å². The van der Waals surface area contributed by atoms with E-state index in [1.807, 2.05) is 24.3 Å². The summed E-state index contributed by atoms with van der Waals surface area (Å²) in [4.78, 5) is 27.7. The predicted molar refractivity (Wildman–Crippen MR) is 112 cm³/mol. The molecule has 150 valence electrons. The van der Waals surface area contributed by atoms with Crippen LogP contribution in [0.3, 0.4) is 0 Å². The number of piperidine rings is 1. The monoisotopic (exact) mass is 431 g/mol. The number of fused-ring (bicyclic) bond motifs is 1. The predicted octanol–water partition coefficient (Wildman–Crippen LogP) is 5.29. The van der Waals surface area contributed by atoms with Crippen LogP contribution in [-0.4, -0.2) is 29.9 Å². The van der Waals surface area contributed by atoms with E-state index in [1.165, 1.54) is 35.6 Å². The lowest BCUT2D eigenvalue weighted by atomic mass is 9.97. The van der Waals surface area contributed by atoms with E-state index in [-0.39, 0.29) is 30.2 Å². The first-order valence-electron chi connectivity index (χ1n) is 9.40. The van der Waals surface area contributed by atoms with Crippen molar-refractivity contribution in [2.24, 2.45) is 5.92 Å². The van der Waals surface area contributed by atoms with E-state index in [2.05, 4.69) is 0 Å². The molecule has 1 aliphatic rings. The van der Waals surface area contributed by atoms with Crippen LogP contribution in [0, 0.1) is 11.7 Å². The van der Waals surface area contributed by atoms with Crippen molar-refractivity contribution < 1.29 is 18.7 Å². The van der Waals surface area contributed by atoms with Crippen molar-refractivity contribution in [2.45, 2.75) is 19.4 Å². The van der Waals surface area contributed by atoms with Gasteiger partial charge in [-0.25, -0.2) is 4.39 Å². The summed E-state index contributed by atoms with van der Waals surface area (Å²) >= 11 is 7.92. The lowest BCUT2D eigenvalue weighted by Crippen LogP contribution is -2.42. The Morgan fingerprint density at radius 3 is 2.69 bits per heavy atom. The molecule has 0 radical (unpaired) electrons. The zero-order valence-corrected chi connectivity index (χ0v) is 17.1. The summed E-state index contributed by atoms with van der Waals surface area (Å²) in [6, 6.07) is 13.2. The van der Waals surface area contributed by atoms with Crippen LogP contribution in [0.5, 0.6) is 0 Å². The molecule has 0 bridgehead atoms. The van der Waals surface area contributed by atoms with Gasteiger partial charge in [-0.3, -0.25) is 9.59 Å². The summed E-state index contributed by atoms with van der Waals surface area (Å²) in [7, 11) is 0. The standard InChI is InChI=1S/C22H19ClFNO3S/c23-20-17-5-1-2-6-18(17)29-19(20)13-28-22(27)15-4-3-11-25(12-15)21(26)14-7-9-16(24)10-8-14/h1-2,5-10,15H,3-4,11-13H2. The minimum Gasteiger partial charge on any atom is -0.460 e. The average Bonchev–Trinajstić information content (AvgIpc) is 3.08. The van der Waals surface area contributed by atoms with Crippen molar-refractivity contribution in [2.75, 3.05) is 13.1 Å². The van der Waals surface area contributed by atoms with E-state index >= 15 is 0 Å². The van der Waals surface area contributed by atoms with E-state index in [0.29, 0.717) is 30.1 Å². The maximum absolute atomic E-state index is 13.1. The summed E-state index contributed by atoms with van der Waals surface area (Å²) in [6.07, 6.45) is 1.39. The van der Waals surface area contributed by atoms with Gasteiger partial charge in [-0.1, -0.05) is 29.8 Å². The molecule has 0 spiro atoms. The largest absolute Gasteiger partial charge is 0.460 e. The van der Waals surface area contributed by atoms with E-state index in [9.17, 15) is 14.0 Å². The number of amides is 1. The van der Waals surface area contributed by atoms with Gasteiger partial charge in [-0.15, -0.1) is 11.3 Å². The normalized spacial score (nSPS) is 16.8. The molecule has 0 saturated carbocycles. The summed E-state index contributed by atoms with van der Waals surface area (Å²) in [5.74, 6) is -1.28. The van der Waals surface area contributed by atoms with Crippen LogP contribution in [0.25, 0.3) is 10.1 Å². The second-order valence-corrected chi connectivity index (χ2v) is 8.56. The van der Waals surface area contributed by atoms with Gasteiger partial charge in [-0.2, -0.15) is 0 Å². The van der Waals surface area contributed by atoms with Crippen LogP contribution in [0.15, 0.2) is 48.5 Å². The molecule has 1 saturated heterocycles. The number of benzene rings is 2. The molecular weight excluding hydrogens is 413 g/mol. The molecule has 1 aliphatic heterocycles. The maximum Gasteiger partial charge on any atom is 0.311 e. The number of carbonyl (C=O) groups is 2. The quantitative estimate of drug-likeness (QED) is 0.527. The minimum atomic E-state index is -0.387. The van der Waals surface area contributed by atoms with Crippen molar-refractivity contribution in [3.8, 4) is 0 Å². The Labute approximate surface area is 176 Å².